The van der Waals surface area contributed by atoms with Gasteiger partial charge in [0.1, 0.15) is 11.7 Å². The van der Waals surface area contributed by atoms with E-state index >= 15 is 0 Å². The lowest BCUT2D eigenvalue weighted by Crippen LogP contribution is -2.41. The number of nitro groups is 1. The average Bonchev–Trinajstić information content (AvgIpc) is 2.93. The number of likely N-dealkylation sites (tertiary alicyclic amines) is 1. The van der Waals surface area contributed by atoms with E-state index in [0.717, 1.165) is 0 Å². The van der Waals surface area contributed by atoms with Crippen LogP contribution >= 0.6 is 0 Å². The van der Waals surface area contributed by atoms with E-state index in [9.17, 15) is 19.7 Å². The molecule has 1 aromatic heterocycles. The highest BCUT2D eigenvalue weighted by Crippen LogP contribution is 2.23. The molecule has 0 spiro atoms. The van der Waals surface area contributed by atoms with E-state index in [2.05, 4.69) is 0 Å². The molecule has 1 aliphatic rings. The van der Waals surface area contributed by atoms with E-state index in [4.69, 9.17) is 5.11 Å². The van der Waals surface area contributed by atoms with Gasteiger partial charge < -0.3 is 14.6 Å². The van der Waals surface area contributed by atoms with E-state index in [0.29, 0.717) is 19.4 Å². The van der Waals surface area contributed by atoms with E-state index in [1.165, 1.54) is 28.8 Å². The van der Waals surface area contributed by atoms with Crippen LogP contribution in [0.3, 0.4) is 0 Å². The van der Waals surface area contributed by atoms with E-state index < -0.39 is 22.8 Å². The summed E-state index contributed by atoms with van der Waals surface area (Å²) in [7, 11) is 1.52. The molecule has 1 fully saturated rings. The highest BCUT2D eigenvalue weighted by atomic mass is 16.6. The zero-order valence-electron chi connectivity index (χ0n) is 10.3. The molecular weight excluding hydrogens is 254 g/mol. The Kier molecular flexibility index (Phi) is 3.24. The van der Waals surface area contributed by atoms with E-state index in [1.54, 1.807) is 0 Å². The van der Waals surface area contributed by atoms with Crippen molar-refractivity contribution >= 4 is 17.6 Å². The van der Waals surface area contributed by atoms with E-state index in [-0.39, 0.29) is 11.4 Å². The molecule has 1 atom stereocenters. The number of carboxylic acids is 1. The van der Waals surface area contributed by atoms with Crippen molar-refractivity contribution in [3.8, 4) is 0 Å². The average molecular weight is 267 g/mol. The number of aliphatic carboxylic acids is 1. The minimum atomic E-state index is -1.05. The summed E-state index contributed by atoms with van der Waals surface area (Å²) in [4.78, 5) is 34.6. The summed E-state index contributed by atoms with van der Waals surface area (Å²) in [6.45, 7) is 0.356. The molecule has 2 heterocycles. The molecule has 1 aromatic rings. The van der Waals surface area contributed by atoms with Crippen molar-refractivity contribution in [2.45, 2.75) is 18.9 Å². The Hall–Kier alpha value is -2.38. The predicted octanol–water partition coefficient (Wildman–Crippen LogP) is 0.623. The molecule has 0 bridgehead atoms. The van der Waals surface area contributed by atoms with Gasteiger partial charge in [0, 0.05) is 19.7 Å². The molecule has 0 aliphatic carbocycles. The van der Waals surface area contributed by atoms with Crippen molar-refractivity contribution in [1.29, 1.82) is 0 Å². The van der Waals surface area contributed by atoms with Crippen molar-refractivity contribution in [3.63, 3.8) is 0 Å². The number of nitrogens with zero attached hydrogens (tertiary/aromatic N) is 3. The highest BCUT2D eigenvalue weighted by Gasteiger charge is 2.35. The van der Waals surface area contributed by atoms with E-state index in [1.807, 2.05) is 0 Å². The van der Waals surface area contributed by atoms with Crippen LogP contribution < -0.4 is 0 Å². The monoisotopic (exact) mass is 267 g/mol. The smallest absolute Gasteiger partial charge is 0.326 e. The molecule has 1 amide bonds. The number of rotatable bonds is 3. The van der Waals surface area contributed by atoms with Crippen LogP contribution in [0, 0.1) is 10.1 Å². The second-order valence-electron chi connectivity index (χ2n) is 4.45. The van der Waals surface area contributed by atoms with Crippen LogP contribution in [0.2, 0.25) is 0 Å². The molecule has 0 unspecified atom stereocenters. The Labute approximate surface area is 108 Å². The van der Waals surface area contributed by atoms with Crippen LogP contribution in [0.15, 0.2) is 12.3 Å². The highest BCUT2D eigenvalue weighted by molar-refractivity contribution is 5.96. The third-order valence-electron chi connectivity index (χ3n) is 3.22. The maximum absolute atomic E-state index is 12.2. The lowest BCUT2D eigenvalue weighted by molar-refractivity contribution is -0.384. The van der Waals surface area contributed by atoms with Gasteiger partial charge in [0.2, 0.25) is 0 Å². The Bertz CT molecular complexity index is 551. The second kappa shape index (κ2) is 4.71. The molecular formula is C11H13N3O5. The molecule has 19 heavy (non-hydrogen) atoms. The quantitative estimate of drug-likeness (QED) is 0.638. The van der Waals surface area contributed by atoms with Crippen LogP contribution in [0.1, 0.15) is 23.3 Å². The second-order valence-corrected chi connectivity index (χ2v) is 4.45. The largest absolute Gasteiger partial charge is 0.480 e. The molecule has 0 radical (unpaired) electrons. The summed E-state index contributed by atoms with van der Waals surface area (Å²) < 4.78 is 1.34. The molecule has 1 aliphatic heterocycles. The predicted molar refractivity (Wildman–Crippen MR) is 63.8 cm³/mol. The summed E-state index contributed by atoms with van der Waals surface area (Å²) in [5.74, 6) is -1.53. The minimum Gasteiger partial charge on any atom is -0.480 e. The summed E-state index contributed by atoms with van der Waals surface area (Å²) in [6.07, 6.45) is 2.27. The van der Waals surface area contributed by atoms with Gasteiger partial charge in [0.05, 0.1) is 11.1 Å². The fourth-order valence-electron chi connectivity index (χ4n) is 2.27. The molecule has 102 valence electrons. The molecule has 0 saturated carbocycles. The van der Waals surface area contributed by atoms with Crippen LogP contribution in [0.5, 0.6) is 0 Å². The SMILES string of the molecule is Cn1cc([N+](=O)[O-])cc1C(=O)N1CCC[C@H]1C(=O)O. The molecule has 1 saturated heterocycles. The first-order valence-corrected chi connectivity index (χ1v) is 5.76. The molecule has 8 nitrogen and oxygen atoms in total. The first-order chi connectivity index (χ1) is 8.91. The number of hydrogen-bond acceptors (Lipinski definition) is 4. The number of hydrogen-bond donors (Lipinski definition) is 1. The molecule has 1 N–H and O–H groups in total. The van der Waals surface area contributed by atoms with Gasteiger partial charge in [-0.2, -0.15) is 0 Å². The van der Waals surface area contributed by atoms with Gasteiger partial charge in [-0.15, -0.1) is 0 Å². The van der Waals surface area contributed by atoms with Crippen LogP contribution in [0.25, 0.3) is 0 Å². The Morgan fingerprint density at radius 1 is 1.53 bits per heavy atom. The lowest BCUT2D eigenvalue weighted by Gasteiger charge is -2.21. The summed E-state index contributed by atoms with van der Waals surface area (Å²) >= 11 is 0. The molecule has 2 rings (SSSR count). The number of carbonyl (C=O) groups excluding carboxylic acids is 1. The third kappa shape index (κ3) is 2.28. The van der Waals surface area contributed by atoms with Crippen LogP contribution in [0.4, 0.5) is 5.69 Å². The summed E-state index contributed by atoms with van der Waals surface area (Å²) in [6, 6.07) is 0.320. The zero-order valence-corrected chi connectivity index (χ0v) is 10.3. The van der Waals surface area contributed by atoms with Crippen LogP contribution in [-0.2, 0) is 11.8 Å². The number of aromatic nitrogens is 1. The topological polar surface area (TPSA) is 106 Å². The van der Waals surface area contributed by atoms with Crippen molar-refractivity contribution in [1.82, 2.24) is 9.47 Å². The lowest BCUT2D eigenvalue weighted by atomic mass is 10.2. The Morgan fingerprint density at radius 3 is 2.74 bits per heavy atom. The Balaban J connectivity index is 2.29. The fraction of sp³-hybridized carbons (Fsp3) is 0.455. The summed E-state index contributed by atoms with van der Waals surface area (Å²) in [5, 5.41) is 19.7. The third-order valence-corrected chi connectivity index (χ3v) is 3.22. The molecule has 8 heteroatoms. The summed E-state index contributed by atoms with van der Waals surface area (Å²) in [5.41, 5.74) is -0.0585. The first kappa shape index (κ1) is 13.1. The van der Waals surface area contributed by atoms with Gasteiger partial charge in [0.15, 0.2) is 0 Å². The minimum absolute atomic E-state index is 0.125. The van der Waals surface area contributed by atoms with Crippen molar-refractivity contribution in [2.75, 3.05) is 6.54 Å². The number of aryl methyl sites for hydroxylation is 1. The normalized spacial score (nSPS) is 18.6. The van der Waals surface area contributed by atoms with Gasteiger partial charge in [-0.25, -0.2) is 4.79 Å². The van der Waals surface area contributed by atoms with Gasteiger partial charge in [0.25, 0.3) is 11.6 Å². The van der Waals surface area contributed by atoms with Crippen molar-refractivity contribution < 1.29 is 19.6 Å². The zero-order chi connectivity index (χ0) is 14.2. The molecule has 0 aromatic carbocycles. The number of carboxylic acid groups (broad SMARTS) is 1. The van der Waals surface area contributed by atoms with Crippen molar-refractivity contribution in [3.05, 3.63) is 28.1 Å². The first-order valence-electron chi connectivity index (χ1n) is 5.76. The number of carbonyl (C=O) groups is 2. The van der Waals surface area contributed by atoms with Crippen molar-refractivity contribution in [2.24, 2.45) is 7.05 Å². The van der Waals surface area contributed by atoms with Crippen LogP contribution in [-0.4, -0.2) is 44.0 Å². The van der Waals surface area contributed by atoms with Gasteiger partial charge >= 0.3 is 5.97 Å². The fourth-order valence-corrected chi connectivity index (χ4v) is 2.27. The Morgan fingerprint density at radius 2 is 2.21 bits per heavy atom. The van der Waals surface area contributed by atoms with Gasteiger partial charge in [-0.05, 0) is 12.8 Å². The van der Waals surface area contributed by atoms with Gasteiger partial charge in [-0.1, -0.05) is 0 Å². The standard InChI is InChI=1S/C11H13N3O5/c1-12-6-7(14(18)19)5-9(12)10(15)13-4-2-3-8(13)11(16)17/h5-6,8H,2-4H2,1H3,(H,16,17)/t8-/m0/s1. The number of amides is 1. The maximum atomic E-state index is 12.2. The van der Waals surface area contributed by atoms with Gasteiger partial charge in [-0.3, -0.25) is 14.9 Å². The maximum Gasteiger partial charge on any atom is 0.326 e.